The fourth-order valence-electron chi connectivity index (χ4n) is 8.67. The lowest BCUT2D eigenvalue weighted by atomic mass is 9.74. The molecular weight excluding hydrogens is 472 g/mol. The first-order chi connectivity index (χ1) is 18.6. The third kappa shape index (κ3) is 5.28. The highest BCUT2D eigenvalue weighted by molar-refractivity contribution is 5.76. The quantitative estimate of drug-likeness (QED) is 0.462. The second-order valence-corrected chi connectivity index (χ2v) is 12.9. The van der Waals surface area contributed by atoms with E-state index in [1.165, 1.54) is 89.0 Å². The third-order valence-corrected chi connectivity index (χ3v) is 10.5. The van der Waals surface area contributed by atoms with Crippen LogP contribution in [0.2, 0.25) is 0 Å². The van der Waals surface area contributed by atoms with E-state index in [4.69, 9.17) is 4.98 Å². The highest BCUT2D eigenvalue weighted by Gasteiger charge is 2.46. The van der Waals surface area contributed by atoms with Crippen molar-refractivity contribution in [2.45, 2.75) is 133 Å². The zero-order valence-corrected chi connectivity index (χ0v) is 23.4. The first kappa shape index (κ1) is 26.3. The molecule has 1 aliphatic carbocycles. The van der Waals surface area contributed by atoms with Gasteiger partial charge in [-0.25, -0.2) is 4.98 Å². The summed E-state index contributed by atoms with van der Waals surface area (Å²) >= 11 is 0. The summed E-state index contributed by atoms with van der Waals surface area (Å²) < 4.78 is 2.59. The van der Waals surface area contributed by atoms with E-state index in [9.17, 15) is 9.90 Å². The lowest BCUT2D eigenvalue weighted by Gasteiger charge is -2.55. The molecule has 0 radical (unpaired) electrons. The average molecular weight is 521 g/mol. The molecule has 1 aromatic heterocycles. The fourth-order valence-corrected chi connectivity index (χ4v) is 8.67. The lowest BCUT2D eigenvalue weighted by Crippen LogP contribution is -2.59. The molecule has 0 amide bonds. The van der Waals surface area contributed by atoms with Gasteiger partial charge in [-0.3, -0.25) is 14.6 Å². The van der Waals surface area contributed by atoms with Crippen molar-refractivity contribution in [1.82, 2.24) is 19.4 Å². The molecule has 6 heteroatoms. The van der Waals surface area contributed by atoms with Crippen LogP contribution in [0, 0.1) is 5.92 Å². The number of imidazole rings is 1. The Morgan fingerprint density at radius 3 is 2.37 bits per heavy atom. The molecule has 1 aromatic carbocycles. The van der Waals surface area contributed by atoms with Gasteiger partial charge in [0.1, 0.15) is 5.82 Å². The van der Waals surface area contributed by atoms with Gasteiger partial charge in [0.05, 0.1) is 23.6 Å². The largest absolute Gasteiger partial charge is 0.480 e. The maximum absolute atomic E-state index is 11.7. The molecule has 6 rings (SSSR count). The van der Waals surface area contributed by atoms with Crippen LogP contribution >= 0.6 is 0 Å². The third-order valence-electron chi connectivity index (χ3n) is 10.5. The van der Waals surface area contributed by atoms with E-state index in [1.54, 1.807) is 0 Å². The average Bonchev–Trinajstić information content (AvgIpc) is 3.52. The topological polar surface area (TPSA) is 61.6 Å². The Bertz CT molecular complexity index is 1090. The summed E-state index contributed by atoms with van der Waals surface area (Å²) in [6.07, 6.45) is 19.8. The minimum Gasteiger partial charge on any atom is -0.480 e. The number of rotatable bonds is 5. The van der Waals surface area contributed by atoms with Crippen molar-refractivity contribution in [1.29, 1.82) is 0 Å². The zero-order chi connectivity index (χ0) is 26.1. The smallest absolute Gasteiger partial charge is 0.317 e. The van der Waals surface area contributed by atoms with Crippen LogP contribution in [0.25, 0.3) is 11.0 Å². The Morgan fingerprint density at radius 1 is 0.868 bits per heavy atom. The first-order valence-electron chi connectivity index (χ1n) is 15.8. The lowest BCUT2D eigenvalue weighted by molar-refractivity contribution is -0.138. The molecule has 38 heavy (non-hydrogen) atoms. The van der Waals surface area contributed by atoms with Crippen LogP contribution in [0.4, 0.5) is 0 Å². The Kier molecular flexibility index (Phi) is 8.08. The SMILES string of the molecule is C[C@@H]1CC[C@H]2C[C@@H](n3c([C@H]4CCCN4CC(=O)O)nc4ccccc43)C[C@@H]1N2C1CCCCCCCCC1. The Labute approximate surface area is 228 Å². The molecule has 5 atom stereocenters. The number of carboxylic acid groups (broad SMARTS) is 1. The molecule has 3 saturated heterocycles. The summed E-state index contributed by atoms with van der Waals surface area (Å²) in [7, 11) is 0. The fraction of sp³-hybridized carbons (Fsp3) is 0.750. The number of para-hydroxylation sites is 2. The molecule has 6 nitrogen and oxygen atoms in total. The van der Waals surface area contributed by atoms with Crippen LogP contribution in [-0.2, 0) is 4.79 Å². The van der Waals surface area contributed by atoms with Gasteiger partial charge in [0.15, 0.2) is 0 Å². The summed E-state index contributed by atoms with van der Waals surface area (Å²) in [5.41, 5.74) is 2.31. The van der Waals surface area contributed by atoms with E-state index in [0.717, 1.165) is 42.7 Å². The van der Waals surface area contributed by atoms with E-state index in [1.807, 2.05) is 0 Å². The van der Waals surface area contributed by atoms with Crippen LogP contribution in [0.5, 0.6) is 0 Å². The number of likely N-dealkylation sites (tertiary alicyclic amines) is 1. The summed E-state index contributed by atoms with van der Waals surface area (Å²) in [5, 5.41) is 9.58. The van der Waals surface area contributed by atoms with Crippen LogP contribution in [0.3, 0.4) is 0 Å². The maximum atomic E-state index is 11.7. The second kappa shape index (κ2) is 11.7. The van der Waals surface area contributed by atoms with Gasteiger partial charge in [0.2, 0.25) is 0 Å². The molecule has 4 aliphatic rings. The molecule has 0 unspecified atom stereocenters. The number of benzene rings is 1. The van der Waals surface area contributed by atoms with Crippen molar-refractivity contribution >= 4 is 17.0 Å². The number of nitrogens with zero attached hydrogens (tertiary/aromatic N) is 4. The maximum Gasteiger partial charge on any atom is 0.317 e. The zero-order valence-electron chi connectivity index (χ0n) is 23.4. The van der Waals surface area contributed by atoms with Gasteiger partial charge in [-0.05, 0) is 76.0 Å². The molecular formula is C32H48N4O2. The minimum atomic E-state index is -0.734. The molecule has 2 aromatic rings. The predicted molar refractivity (Wildman–Crippen MR) is 152 cm³/mol. The van der Waals surface area contributed by atoms with Crippen LogP contribution in [0.15, 0.2) is 24.3 Å². The normalized spacial score (nSPS) is 32.5. The Hall–Kier alpha value is -1.92. The molecule has 1 N–H and O–H groups in total. The van der Waals surface area contributed by atoms with E-state index in [2.05, 4.69) is 45.6 Å². The van der Waals surface area contributed by atoms with Gasteiger partial charge >= 0.3 is 5.97 Å². The van der Waals surface area contributed by atoms with Crippen molar-refractivity contribution in [3.63, 3.8) is 0 Å². The van der Waals surface area contributed by atoms with Crippen LogP contribution < -0.4 is 0 Å². The van der Waals surface area contributed by atoms with E-state index < -0.39 is 5.97 Å². The van der Waals surface area contributed by atoms with Crippen molar-refractivity contribution < 1.29 is 9.90 Å². The number of hydrogen-bond acceptors (Lipinski definition) is 4. The molecule has 3 aliphatic heterocycles. The van der Waals surface area contributed by atoms with Gasteiger partial charge in [0, 0.05) is 24.2 Å². The van der Waals surface area contributed by atoms with Gasteiger partial charge in [0.25, 0.3) is 0 Å². The Balaban J connectivity index is 1.31. The molecule has 1 saturated carbocycles. The number of carbonyl (C=O) groups is 1. The van der Waals surface area contributed by atoms with Crippen LogP contribution in [0.1, 0.15) is 121 Å². The second-order valence-electron chi connectivity index (χ2n) is 12.9. The van der Waals surface area contributed by atoms with E-state index >= 15 is 0 Å². The monoisotopic (exact) mass is 520 g/mol. The van der Waals surface area contributed by atoms with Crippen molar-refractivity contribution in [3.8, 4) is 0 Å². The molecule has 2 bridgehead atoms. The van der Waals surface area contributed by atoms with Crippen molar-refractivity contribution in [2.24, 2.45) is 5.92 Å². The number of aliphatic carboxylic acids is 1. The highest BCUT2D eigenvalue weighted by atomic mass is 16.4. The molecule has 0 spiro atoms. The predicted octanol–water partition coefficient (Wildman–Crippen LogP) is 6.95. The molecule has 4 heterocycles. The summed E-state index contributed by atoms with van der Waals surface area (Å²) in [6.45, 7) is 3.47. The van der Waals surface area contributed by atoms with Crippen LogP contribution in [-0.4, -0.2) is 61.6 Å². The Morgan fingerprint density at radius 2 is 1.61 bits per heavy atom. The van der Waals surface area contributed by atoms with Crippen molar-refractivity contribution in [2.75, 3.05) is 13.1 Å². The number of carboxylic acids is 1. The summed E-state index contributed by atoms with van der Waals surface area (Å²) in [6, 6.07) is 11.2. The summed E-state index contributed by atoms with van der Waals surface area (Å²) in [5.74, 6) is 1.12. The van der Waals surface area contributed by atoms with E-state index in [-0.39, 0.29) is 12.6 Å². The van der Waals surface area contributed by atoms with Gasteiger partial charge in [-0.1, -0.05) is 64.0 Å². The minimum absolute atomic E-state index is 0.104. The number of fused-ring (bicyclic) bond motifs is 3. The number of aromatic nitrogens is 2. The van der Waals surface area contributed by atoms with E-state index in [0.29, 0.717) is 18.1 Å². The van der Waals surface area contributed by atoms with Gasteiger partial charge in [-0.15, -0.1) is 0 Å². The molecule has 208 valence electrons. The number of hydrogen-bond donors (Lipinski definition) is 1. The van der Waals surface area contributed by atoms with Crippen molar-refractivity contribution in [3.05, 3.63) is 30.1 Å². The molecule has 4 fully saturated rings. The standard InChI is InChI=1S/C32H48N4O2/c1-23-17-18-25-20-26(21-30(23)35(25)24-12-7-5-3-2-4-6-8-13-24)36-28-15-10-9-14-27(28)33-32(36)29-16-11-19-34(29)22-31(37)38/h9-10,14-15,23-26,29-30H,2-8,11-13,16-22H2,1H3,(H,37,38)/t23-,25+,26-,29-,30+/m1/s1. The van der Waals surface area contributed by atoms with Gasteiger partial charge in [-0.2, -0.15) is 0 Å². The summed E-state index contributed by atoms with van der Waals surface area (Å²) in [4.78, 5) is 22.1. The first-order valence-corrected chi connectivity index (χ1v) is 15.8. The van der Waals surface area contributed by atoms with Gasteiger partial charge < -0.3 is 9.67 Å². The highest BCUT2D eigenvalue weighted by Crippen LogP contribution is 2.46. The number of piperidine rings is 2.